The number of aryl methyl sites for hydroxylation is 1. The minimum atomic E-state index is -3.31. The molecular weight excluding hydrogens is 238 g/mol. The molecule has 2 N–H and O–H groups in total. The van der Waals surface area contributed by atoms with Crippen LogP contribution >= 0.6 is 0 Å². The van der Waals surface area contributed by atoms with Gasteiger partial charge < -0.3 is 5.32 Å². The normalized spacial score (nSPS) is 21.1. The highest BCUT2D eigenvalue weighted by molar-refractivity contribution is 7.93. The van der Waals surface area contributed by atoms with Gasteiger partial charge in [-0.1, -0.05) is 0 Å². The molecule has 0 radical (unpaired) electrons. The number of hydrogen-bond acceptors (Lipinski definition) is 4. The number of piperidine rings is 1. The predicted octanol–water partition coefficient (Wildman–Crippen LogP) is 0.884. The molecule has 1 fully saturated rings. The number of aromatic nitrogens is 1. The smallest absolute Gasteiger partial charge is 0.236 e. The van der Waals surface area contributed by atoms with Gasteiger partial charge in [-0.15, -0.1) is 0 Å². The van der Waals surface area contributed by atoms with E-state index in [1.807, 2.05) is 6.92 Å². The van der Waals surface area contributed by atoms with Gasteiger partial charge in [-0.2, -0.15) is 0 Å². The van der Waals surface area contributed by atoms with Crippen LogP contribution in [0.25, 0.3) is 0 Å². The van der Waals surface area contributed by atoms with Gasteiger partial charge >= 0.3 is 0 Å². The molecule has 0 bridgehead atoms. The molecule has 94 valence electrons. The minimum Gasteiger partial charge on any atom is -0.315 e. The second kappa shape index (κ2) is 5.01. The number of rotatable bonds is 3. The standard InChI is InChI=1S/C11H17N3O2S/c1-9-5-10(7-13-6-9)14-17(15,16)11-3-2-4-12-8-11/h5-7,11-12,14H,2-4,8H2,1H3. The Morgan fingerprint density at radius 2 is 2.29 bits per heavy atom. The van der Waals surface area contributed by atoms with Gasteiger partial charge in [0, 0.05) is 12.7 Å². The molecule has 5 nitrogen and oxygen atoms in total. The first-order chi connectivity index (χ1) is 8.08. The monoisotopic (exact) mass is 255 g/mol. The van der Waals surface area contributed by atoms with Gasteiger partial charge in [-0.25, -0.2) is 8.42 Å². The zero-order valence-electron chi connectivity index (χ0n) is 9.81. The topological polar surface area (TPSA) is 71.1 Å². The van der Waals surface area contributed by atoms with Crippen molar-refractivity contribution in [3.05, 3.63) is 24.0 Å². The average Bonchev–Trinajstić information content (AvgIpc) is 2.29. The van der Waals surface area contributed by atoms with Crippen LogP contribution < -0.4 is 10.0 Å². The van der Waals surface area contributed by atoms with E-state index in [2.05, 4.69) is 15.0 Å². The Hall–Kier alpha value is -1.14. The Bertz CT molecular complexity index is 481. The van der Waals surface area contributed by atoms with Crippen molar-refractivity contribution < 1.29 is 8.42 Å². The number of anilines is 1. The van der Waals surface area contributed by atoms with E-state index >= 15 is 0 Å². The van der Waals surface area contributed by atoms with Crippen molar-refractivity contribution >= 4 is 15.7 Å². The molecule has 1 unspecified atom stereocenters. The highest BCUT2D eigenvalue weighted by atomic mass is 32.2. The summed E-state index contributed by atoms with van der Waals surface area (Å²) < 4.78 is 26.8. The summed E-state index contributed by atoms with van der Waals surface area (Å²) in [5.41, 5.74) is 1.47. The van der Waals surface area contributed by atoms with E-state index in [9.17, 15) is 8.42 Å². The first-order valence-corrected chi connectivity index (χ1v) is 7.26. The molecule has 1 aliphatic heterocycles. The summed E-state index contributed by atoms with van der Waals surface area (Å²) in [6.07, 6.45) is 4.83. The zero-order valence-corrected chi connectivity index (χ0v) is 10.6. The van der Waals surface area contributed by atoms with Crippen LogP contribution in [0.4, 0.5) is 5.69 Å². The highest BCUT2D eigenvalue weighted by Crippen LogP contribution is 2.16. The fourth-order valence-electron chi connectivity index (χ4n) is 1.94. The Morgan fingerprint density at radius 3 is 2.94 bits per heavy atom. The third-order valence-corrected chi connectivity index (χ3v) is 4.63. The van der Waals surface area contributed by atoms with Crippen LogP contribution in [-0.4, -0.2) is 31.7 Å². The van der Waals surface area contributed by atoms with Crippen LogP contribution in [0.5, 0.6) is 0 Å². The summed E-state index contributed by atoms with van der Waals surface area (Å²) in [4.78, 5) is 3.97. The van der Waals surface area contributed by atoms with Gasteiger partial charge in [0.25, 0.3) is 0 Å². The first-order valence-electron chi connectivity index (χ1n) is 5.72. The molecule has 1 aliphatic rings. The molecule has 0 amide bonds. The number of nitrogens with zero attached hydrogens (tertiary/aromatic N) is 1. The molecule has 0 saturated carbocycles. The van der Waals surface area contributed by atoms with Gasteiger partial charge in [-0.05, 0) is 37.9 Å². The van der Waals surface area contributed by atoms with Crippen molar-refractivity contribution in [2.24, 2.45) is 0 Å². The molecule has 6 heteroatoms. The molecular formula is C11H17N3O2S. The third kappa shape index (κ3) is 3.17. The first kappa shape index (κ1) is 12.3. The maximum absolute atomic E-state index is 12.1. The van der Waals surface area contributed by atoms with Crippen molar-refractivity contribution in [1.82, 2.24) is 10.3 Å². The van der Waals surface area contributed by atoms with Crippen molar-refractivity contribution in [1.29, 1.82) is 0 Å². The molecule has 2 rings (SSSR count). The zero-order chi connectivity index (χ0) is 12.3. The molecule has 1 aromatic heterocycles. The molecule has 1 atom stereocenters. The Labute approximate surface area is 102 Å². The SMILES string of the molecule is Cc1cncc(NS(=O)(=O)C2CCCNC2)c1. The van der Waals surface area contributed by atoms with Gasteiger partial charge in [0.2, 0.25) is 10.0 Å². The lowest BCUT2D eigenvalue weighted by atomic mass is 10.2. The molecule has 0 aromatic carbocycles. The summed E-state index contributed by atoms with van der Waals surface area (Å²) in [5.74, 6) is 0. The number of pyridine rings is 1. The predicted molar refractivity (Wildman–Crippen MR) is 67.4 cm³/mol. The molecule has 17 heavy (non-hydrogen) atoms. The molecule has 0 aliphatic carbocycles. The van der Waals surface area contributed by atoms with E-state index in [4.69, 9.17) is 0 Å². The summed E-state index contributed by atoms with van der Waals surface area (Å²) in [6, 6.07) is 1.78. The largest absolute Gasteiger partial charge is 0.315 e. The highest BCUT2D eigenvalue weighted by Gasteiger charge is 2.27. The number of nitrogens with one attached hydrogen (secondary N) is 2. The fourth-order valence-corrected chi connectivity index (χ4v) is 3.36. The second-order valence-electron chi connectivity index (χ2n) is 4.37. The molecule has 1 aromatic rings. The van der Waals surface area contributed by atoms with E-state index in [1.165, 1.54) is 6.20 Å². The Balaban J connectivity index is 2.11. The van der Waals surface area contributed by atoms with Gasteiger partial charge in [-0.3, -0.25) is 9.71 Å². The second-order valence-corrected chi connectivity index (χ2v) is 6.33. The average molecular weight is 255 g/mol. The molecule has 0 spiro atoms. The van der Waals surface area contributed by atoms with E-state index in [-0.39, 0.29) is 5.25 Å². The van der Waals surface area contributed by atoms with E-state index in [1.54, 1.807) is 12.3 Å². The lowest BCUT2D eigenvalue weighted by Gasteiger charge is -2.23. The number of hydrogen-bond donors (Lipinski definition) is 2. The van der Waals surface area contributed by atoms with Gasteiger partial charge in [0.05, 0.1) is 17.1 Å². The van der Waals surface area contributed by atoms with Crippen molar-refractivity contribution in [3.8, 4) is 0 Å². The van der Waals surface area contributed by atoms with Crippen molar-refractivity contribution in [3.63, 3.8) is 0 Å². The summed E-state index contributed by atoms with van der Waals surface area (Å²) in [5, 5.41) is 2.75. The van der Waals surface area contributed by atoms with E-state index < -0.39 is 10.0 Å². The molecule has 2 heterocycles. The lowest BCUT2D eigenvalue weighted by molar-refractivity contribution is 0.499. The quantitative estimate of drug-likeness (QED) is 0.841. The summed E-state index contributed by atoms with van der Waals surface area (Å²) >= 11 is 0. The van der Waals surface area contributed by atoms with Crippen molar-refractivity contribution in [2.45, 2.75) is 25.0 Å². The fraction of sp³-hybridized carbons (Fsp3) is 0.545. The van der Waals surface area contributed by atoms with Crippen molar-refractivity contribution in [2.75, 3.05) is 17.8 Å². The van der Waals surface area contributed by atoms with Crippen LogP contribution in [0.2, 0.25) is 0 Å². The lowest BCUT2D eigenvalue weighted by Crippen LogP contribution is -2.41. The Morgan fingerprint density at radius 1 is 1.47 bits per heavy atom. The third-order valence-electron chi connectivity index (χ3n) is 2.83. The maximum Gasteiger partial charge on any atom is 0.236 e. The van der Waals surface area contributed by atoms with E-state index in [0.29, 0.717) is 18.7 Å². The van der Waals surface area contributed by atoms with Crippen LogP contribution in [0.1, 0.15) is 18.4 Å². The van der Waals surface area contributed by atoms with Crippen LogP contribution in [-0.2, 0) is 10.0 Å². The maximum atomic E-state index is 12.1. The van der Waals surface area contributed by atoms with Gasteiger partial charge in [0.1, 0.15) is 0 Å². The van der Waals surface area contributed by atoms with E-state index in [0.717, 1.165) is 18.5 Å². The van der Waals surface area contributed by atoms with Crippen LogP contribution in [0.3, 0.4) is 0 Å². The van der Waals surface area contributed by atoms with Crippen LogP contribution in [0, 0.1) is 6.92 Å². The summed E-state index contributed by atoms with van der Waals surface area (Å²) in [6.45, 7) is 3.31. The molecule has 1 saturated heterocycles. The minimum absolute atomic E-state index is 0.350. The van der Waals surface area contributed by atoms with Gasteiger partial charge in [0.15, 0.2) is 0 Å². The Kier molecular flexibility index (Phi) is 3.63. The summed E-state index contributed by atoms with van der Waals surface area (Å²) in [7, 11) is -3.31. The number of sulfonamides is 1. The van der Waals surface area contributed by atoms with Crippen LogP contribution in [0.15, 0.2) is 18.5 Å².